The highest BCUT2D eigenvalue weighted by Gasteiger charge is 2.14. The number of ether oxygens (including phenoxy) is 2. The van der Waals surface area contributed by atoms with E-state index in [4.69, 9.17) is 14.0 Å². The second kappa shape index (κ2) is 9.51. The van der Waals surface area contributed by atoms with Crippen LogP contribution >= 0.6 is 0 Å². The summed E-state index contributed by atoms with van der Waals surface area (Å²) in [7, 11) is 3.03. The van der Waals surface area contributed by atoms with Gasteiger partial charge < -0.3 is 19.3 Å². The first-order valence-corrected chi connectivity index (χ1v) is 10.3. The second-order valence-corrected chi connectivity index (χ2v) is 7.30. The van der Waals surface area contributed by atoms with Gasteiger partial charge in [0.15, 0.2) is 11.5 Å². The molecule has 170 valence electrons. The van der Waals surface area contributed by atoms with Gasteiger partial charge in [0.25, 0.3) is 5.56 Å². The Bertz CT molecular complexity index is 1360. The molecule has 0 spiro atoms. The summed E-state index contributed by atoms with van der Waals surface area (Å²) in [6.45, 7) is 2.04. The van der Waals surface area contributed by atoms with E-state index in [0.29, 0.717) is 58.3 Å². The van der Waals surface area contributed by atoms with Crippen molar-refractivity contribution in [3.05, 3.63) is 59.0 Å². The van der Waals surface area contributed by atoms with Crippen LogP contribution in [0.1, 0.15) is 18.7 Å². The van der Waals surface area contributed by atoms with Crippen LogP contribution in [-0.4, -0.2) is 39.8 Å². The minimum Gasteiger partial charge on any atom is -0.493 e. The number of rotatable bonds is 8. The maximum atomic E-state index is 12.9. The number of nitrogens with zero attached hydrogens (tertiary/aromatic N) is 4. The predicted octanol–water partition coefficient (Wildman–Crippen LogP) is 3.19. The second-order valence-electron chi connectivity index (χ2n) is 7.30. The number of carbonyl (C=O) groups excluding carboxylic acids is 1. The number of hydrogen-bond acceptors (Lipinski definition) is 8. The van der Waals surface area contributed by atoms with Crippen molar-refractivity contribution in [3.8, 4) is 22.9 Å². The molecule has 0 aliphatic rings. The van der Waals surface area contributed by atoms with Crippen LogP contribution in [0.15, 0.2) is 52.0 Å². The van der Waals surface area contributed by atoms with Crippen molar-refractivity contribution in [2.45, 2.75) is 26.3 Å². The van der Waals surface area contributed by atoms with E-state index in [1.807, 2.05) is 18.2 Å². The summed E-state index contributed by atoms with van der Waals surface area (Å²) >= 11 is 0. The van der Waals surface area contributed by atoms with Gasteiger partial charge in [0, 0.05) is 31.5 Å². The quantitative estimate of drug-likeness (QED) is 0.435. The Balaban J connectivity index is 1.43. The number of carbonyl (C=O) groups is 1. The number of benzene rings is 2. The van der Waals surface area contributed by atoms with E-state index in [1.165, 1.54) is 25.1 Å². The van der Waals surface area contributed by atoms with Gasteiger partial charge in [0.2, 0.25) is 17.6 Å². The van der Waals surface area contributed by atoms with Gasteiger partial charge in [-0.2, -0.15) is 4.98 Å². The van der Waals surface area contributed by atoms with Crippen molar-refractivity contribution < 1.29 is 18.8 Å². The highest BCUT2D eigenvalue weighted by atomic mass is 16.5. The lowest BCUT2D eigenvalue weighted by molar-refractivity contribution is -0.116. The summed E-state index contributed by atoms with van der Waals surface area (Å²) in [4.78, 5) is 34.0. The molecule has 10 nitrogen and oxygen atoms in total. The summed E-state index contributed by atoms with van der Waals surface area (Å²) in [5, 5.41) is 7.22. The van der Waals surface area contributed by atoms with Gasteiger partial charge in [0.1, 0.15) is 0 Å². The first-order chi connectivity index (χ1) is 16.0. The van der Waals surface area contributed by atoms with Gasteiger partial charge in [-0.05, 0) is 24.6 Å². The Morgan fingerprint density at radius 2 is 1.91 bits per heavy atom. The van der Waals surface area contributed by atoms with Gasteiger partial charge >= 0.3 is 0 Å². The van der Waals surface area contributed by atoms with Crippen molar-refractivity contribution in [1.82, 2.24) is 19.7 Å². The van der Waals surface area contributed by atoms with Crippen molar-refractivity contribution in [2.24, 2.45) is 0 Å². The minimum atomic E-state index is -0.209. The lowest BCUT2D eigenvalue weighted by Crippen LogP contribution is -2.22. The zero-order valence-electron chi connectivity index (χ0n) is 18.5. The molecule has 0 unspecified atom stereocenters. The molecule has 0 aliphatic heterocycles. The number of methoxy groups -OCH3 is 2. The molecule has 4 aromatic rings. The molecule has 10 heteroatoms. The molecule has 0 atom stereocenters. The molecule has 0 aliphatic carbocycles. The van der Waals surface area contributed by atoms with Crippen molar-refractivity contribution in [2.75, 3.05) is 19.5 Å². The maximum Gasteiger partial charge on any atom is 0.261 e. The standard InChI is InChI=1S/C23H23N5O5/c1-14-25-22(27-33-14)15-7-4-5-8-17(15)26-21(29)9-6-10-28-13-24-18-12-20(32-3)19(31-2)11-16(18)23(28)30/h4-5,7-8,11-13H,6,9-10H2,1-3H3,(H,26,29). The molecule has 0 saturated heterocycles. The first kappa shape index (κ1) is 22.0. The van der Waals surface area contributed by atoms with Crippen LogP contribution in [0.25, 0.3) is 22.3 Å². The number of nitrogens with one attached hydrogen (secondary N) is 1. The van der Waals surface area contributed by atoms with Crippen LogP contribution in [0.2, 0.25) is 0 Å². The number of fused-ring (bicyclic) bond motifs is 1. The largest absolute Gasteiger partial charge is 0.493 e. The van der Waals surface area contributed by atoms with E-state index in [-0.39, 0.29) is 17.9 Å². The third-order valence-electron chi connectivity index (χ3n) is 5.10. The summed E-state index contributed by atoms with van der Waals surface area (Å²) in [5.74, 6) is 1.62. The third kappa shape index (κ3) is 4.69. The molecular weight excluding hydrogens is 426 g/mol. The fourth-order valence-electron chi connectivity index (χ4n) is 3.46. The van der Waals surface area contributed by atoms with Crippen LogP contribution in [0.3, 0.4) is 0 Å². The Labute approximate surface area is 189 Å². The van der Waals surface area contributed by atoms with E-state index < -0.39 is 0 Å². The van der Waals surface area contributed by atoms with E-state index in [9.17, 15) is 9.59 Å². The molecule has 2 aromatic heterocycles. The monoisotopic (exact) mass is 449 g/mol. The molecule has 2 aromatic carbocycles. The van der Waals surface area contributed by atoms with Crippen LogP contribution in [0, 0.1) is 6.92 Å². The van der Waals surface area contributed by atoms with Gasteiger partial charge in [-0.25, -0.2) is 4.98 Å². The summed E-state index contributed by atoms with van der Waals surface area (Å²) in [5.41, 5.74) is 1.56. The number of para-hydroxylation sites is 1. The molecule has 1 N–H and O–H groups in total. The average molecular weight is 449 g/mol. The number of hydrogen-bond donors (Lipinski definition) is 1. The van der Waals surface area contributed by atoms with Crippen LogP contribution in [0.5, 0.6) is 11.5 Å². The molecule has 0 saturated carbocycles. The number of anilines is 1. The normalized spacial score (nSPS) is 10.9. The van der Waals surface area contributed by atoms with Gasteiger partial charge in [-0.15, -0.1) is 0 Å². The fourth-order valence-corrected chi connectivity index (χ4v) is 3.46. The van der Waals surface area contributed by atoms with Crippen LogP contribution < -0.4 is 20.3 Å². The Hall–Kier alpha value is -4.21. The van der Waals surface area contributed by atoms with Crippen LogP contribution in [0.4, 0.5) is 5.69 Å². The topological polar surface area (TPSA) is 121 Å². The van der Waals surface area contributed by atoms with E-state index >= 15 is 0 Å². The summed E-state index contributed by atoms with van der Waals surface area (Å²) < 4.78 is 17.1. The van der Waals surface area contributed by atoms with Crippen molar-refractivity contribution in [1.29, 1.82) is 0 Å². The molecule has 0 radical (unpaired) electrons. The molecule has 0 bridgehead atoms. The Morgan fingerprint density at radius 1 is 1.15 bits per heavy atom. The Morgan fingerprint density at radius 3 is 2.64 bits per heavy atom. The number of amides is 1. The van der Waals surface area contributed by atoms with Gasteiger partial charge in [-0.1, -0.05) is 17.3 Å². The lowest BCUT2D eigenvalue weighted by Gasteiger charge is -2.11. The van der Waals surface area contributed by atoms with E-state index in [0.717, 1.165) is 0 Å². The van der Waals surface area contributed by atoms with Gasteiger partial charge in [-0.3, -0.25) is 14.2 Å². The predicted molar refractivity (Wildman–Crippen MR) is 121 cm³/mol. The fraction of sp³-hybridized carbons (Fsp3) is 0.261. The van der Waals surface area contributed by atoms with Crippen molar-refractivity contribution in [3.63, 3.8) is 0 Å². The molecular formula is C23H23N5O5. The zero-order valence-corrected chi connectivity index (χ0v) is 18.5. The number of aryl methyl sites for hydroxylation is 2. The van der Waals surface area contributed by atoms with Crippen molar-refractivity contribution >= 4 is 22.5 Å². The summed E-state index contributed by atoms with van der Waals surface area (Å²) in [6.07, 6.45) is 2.15. The zero-order chi connectivity index (χ0) is 23.4. The molecule has 1 amide bonds. The van der Waals surface area contributed by atoms with E-state index in [2.05, 4.69) is 20.4 Å². The lowest BCUT2D eigenvalue weighted by atomic mass is 10.1. The molecule has 4 rings (SSSR count). The summed E-state index contributed by atoms with van der Waals surface area (Å²) in [6, 6.07) is 10.5. The number of aromatic nitrogens is 4. The molecule has 33 heavy (non-hydrogen) atoms. The third-order valence-corrected chi connectivity index (χ3v) is 5.10. The Kier molecular flexibility index (Phi) is 6.34. The minimum absolute atomic E-state index is 0.184. The van der Waals surface area contributed by atoms with E-state index in [1.54, 1.807) is 25.1 Å². The van der Waals surface area contributed by atoms with Gasteiger partial charge in [0.05, 0.1) is 37.1 Å². The molecule has 0 fully saturated rings. The highest BCUT2D eigenvalue weighted by Crippen LogP contribution is 2.30. The first-order valence-electron chi connectivity index (χ1n) is 10.3. The maximum absolute atomic E-state index is 12.9. The highest BCUT2D eigenvalue weighted by molar-refractivity contribution is 5.94. The smallest absolute Gasteiger partial charge is 0.261 e. The average Bonchev–Trinajstić information content (AvgIpc) is 3.26. The SMILES string of the molecule is COc1cc2ncn(CCCC(=O)Nc3ccccc3-c3noc(C)n3)c(=O)c2cc1OC. The molecule has 2 heterocycles. The van der Waals surface area contributed by atoms with Crippen LogP contribution in [-0.2, 0) is 11.3 Å².